The number of carbonyl (C=O) groups is 3. The summed E-state index contributed by atoms with van der Waals surface area (Å²) >= 11 is 0. The second-order valence-corrected chi connectivity index (χ2v) is 6.34. The zero-order valence-corrected chi connectivity index (χ0v) is 13.4. The second kappa shape index (κ2) is 6.95. The molecule has 1 aliphatic carbocycles. The average Bonchev–Trinajstić information content (AvgIpc) is 2.73. The lowest BCUT2D eigenvalue weighted by Crippen LogP contribution is -2.29. The first-order chi connectivity index (χ1) is 10.4. The van der Waals surface area contributed by atoms with Crippen LogP contribution in [0.4, 0.5) is 0 Å². The molecule has 4 heteroatoms. The number of hydrogen-bond donors (Lipinski definition) is 0. The van der Waals surface area contributed by atoms with Gasteiger partial charge in [-0.05, 0) is 45.2 Å². The third kappa shape index (κ3) is 3.87. The van der Waals surface area contributed by atoms with Gasteiger partial charge >= 0.3 is 0 Å². The summed E-state index contributed by atoms with van der Waals surface area (Å²) in [5.74, 6) is 0.116. The Morgan fingerprint density at radius 2 is 1.86 bits per heavy atom. The SMILES string of the molecule is Cc1cccc(CCCC(=O)CCC2(C)C(=O)CCC2=O)n1. The molecule has 0 saturated heterocycles. The van der Waals surface area contributed by atoms with Crippen LogP contribution in [-0.4, -0.2) is 22.3 Å². The molecule has 1 aliphatic rings. The molecule has 1 fully saturated rings. The molecule has 0 aromatic carbocycles. The van der Waals surface area contributed by atoms with Crippen molar-refractivity contribution in [1.29, 1.82) is 0 Å². The van der Waals surface area contributed by atoms with Gasteiger partial charge in [0.25, 0.3) is 0 Å². The number of ketones is 3. The van der Waals surface area contributed by atoms with E-state index in [0.29, 0.717) is 32.1 Å². The zero-order valence-electron chi connectivity index (χ0n) is 13.4. The Kier molecular flexibility index (Phi) is 5.22. The summed E-state index contributed by atoms with van der Waals surface area (Å²) in [6, 6.07) is 5.89. The summed E-state index contributed by atoms with van der Waals surface area (Å²) in [4.78, 5) is 40.0. The fraction of sp³-hybridized carbons (Fsp3) is 0.556. The highest BCUT2D eigenvalue weighted by molar-refractivity contribution is 6.12. The first-order valence-corrected chi connectivity index (χ1v) is 7.92. The van der Waals surface area contributed by atoms with Gasteiger partial charge in [-0.3, -0.25) is 19.4 Å². The predicted octanol–water partition coefficient (Wildman–Crippen LogP) is 3.00. The standard InChI is InChI=1S/C18H23NO3/c1-13-5-3-6-14(19-13)7-4-8-15(20)11-12-18(2)16(21)9-10-17(18)22/h3,5-6H,4,7-12H2,1-2H3. The lowest BCUT2D eigenvalue weighted by atomic mass is 9.81. The van der Waals surface area contributed by atoms with Gasteiger partial charge in [0.1, 0.15) is 17.3 Å². The Bertz CT molecular complexity index is 576. The van der Waals surface area contributed by atoms with E-state index in [1.165, 1.54) is 0 Å². The highest BCUT2D eigenvalue weighted by Gasteiger charge is 2.44. The molecule has 1 saturated carbocycles. The molecule has 0 bridgehead atoms. The van der Waals surface area contributed by atoms with E-state index in [0.717, 1.165) is 24.2 Å². The normalized spacial score (nSPS) is 17.0. The van der Waals surface area contributed by atoms with Crippen LogP contribution in [0, 0.1) is 12.3 Å². The maximum Gasteiger partial charge on any atom is 0.146 e. The third-order valence-electron chi connectivity index (χ3n) is 4.55. The number of nitrogens with zero attached hydrogens (tertiary/aromatic N) is 1. The van der Waals surface area contributed by atoms with Crippen LogP contribution in [0.15, 0.2) is 18.2 Å². The molecule has 1 aromatic heterocycles. The van der Waals surface area contributed by atoms with Gasteiger partial charge < -0.3 is 0 Å². The van der Waals surface area contributed by atoms with E-state index in [2.05, 4.69) is 4.98 Å². The van der Waals surface area contributed by atoms with E-state index in [1.807, 2.05) is 25.1 Å². The number of aryl methyl sites for hydroxylation is 2. The summed E-state index contributed by atoms with van der Waals surface area (Å²) in [6.07, 6.45) is 3.37. The van der Waals surface area contributed by atoms with Gasteiger partial charge in [-0.15, -0.1) is 0 Å². The van der Waals surface area contributed by atoms with Gasteiger partial charge in [-0.2, -0.15) is 0 Å². The first kappa shape index (κ1) is 16.5. The lowest BCUT2D eigenvalue weighted by molar-refractivity contribution is -0.134. The van der Waals surface area contributed by atoms with Crippen molar-refractivity contribution in [3.63, 3.8) is 0 Å². The van der Waals surface area contributed by atoms with Gasteiger partial charge in [-0.25, -0.2) is 0 Å². The molecule has 22 heavy (non-hydrogen) atoms. The van der Waals surface area contributed by atoms with E-state index in [9.17, 15) is 14.4 Å². The molecule has 118 valence electrons. The van der Waals surface area contributed by atoms with Gasteiger partial charge in [0.2, 0.25) is 0 Å². The molecule has 2 rings (SSSR count). The fourth-order valence-electron chi connectivity index (χ4n) is 2.93. The predicted molar refractivity (Wildman–Crippen MR) is 83.5 cm³/mol. The Morgan fingerprint density at radius 3 is 2.50 bits per heavy atom. The minimum atomic E-state index is -0.909. The summed E-state index contributed by atoms with van der Waals surface area (Å²) in [7, 11) is 0. The van der Waals surface area contributed by atoms with Crippen LogP contribution in [0.5, 0.6) is 0 Å². The van der Waals surface area contributed by atoms with E-state index in [4.69, 9.17) is 0 Å². The molecule has 0 atom stereocenters. The maximum absolute atomic E-state index is 12.0. The van der Waals surface area contributed by atoms with Gasteiger partial charge in [0.05, 0.1) is 5.41 Å². The van der Waals surface area contributed by atoms with E-state index in [-0.39, 0.29) is 17.3 Å². The van der Waals surface area contributed by atoms with Crippen molar-refractivity contribution in [2.75, 3.05) is 0 Å². The molecule has 1 aromatic rings. The first-order valence-electron chi connectivity index (χ1n) is 7.92. The van der Waals surface area contributed by atoms with Crippen molar-refractivity contribution < 1.29 is 14.4 Å². The minimum Gasteiger partial charge on any atom is -0.300 e. The van der Waals surface area contributed by atoms with Gasteiger partial charge in [0, 0.05) is 37.1 Å². The number of carbonyl (C=O) groups excluding carboxylic acids is 3. The van der Waals surface area contributed by atoms with Crippen LogP contribution in [0.2, 0.25) is 0 Å². The van der Waals surface area contributed by atoms with Crippen LogP contribution in [-0.2, 0) is 20.8 Å². The topological polar surface area (TPSA) is 64.1 Å². The van der Waals surface area contributed by atoms with E-state index >= 15 is 0 Å². The van der Waals surface area contributed by atoms with Crippen molar-refractivity contribution in [2.24, 2.45) is 5.41 Å². The third-order valence-corrected chi connectivity index (χ3v) is 4.55. The monoisotopic (exact) mass is 301 g/mol. The summed E-state index contributed by atoms with van der Waals surface area (Å²) < 4.78 is 0. The van der Waals surface area contributed by atoms with Crippen LogP contribution in [0.25, 0.3) is 0 Å². The Hall–Kier alpha value is -1.84. The summed E-state index contributed by atoms with van der Waals surface area (Å²) in [5, 5.41) is 0. The van der Waals surface area contributed by atoms with Crippen molar-refractivity contribution in [3.05, 3.63) is 29.6 Å². The minimum absolute atomic E-state index is 0.00531. The summed E-state index contributed by atoms with van der Waals surface area (Å²) in [5.41, 5.74) is 1.07. The molecule has 0 spiro atoms. The number of hydrogen-bond acceptors (Lipinski definition) is 4. The van der Waals surface area contributed by atoms with E-state index in [1.54, 1.807) is 6.92 Å². The highest BCUT2D eigenvalue weighted by atomic mass is 16.2. The second-order valence-electron chi connectivity index (χ2n) is 6.34. The zero-order chi connectivity index (χ0) is 16.2. The number of pyridine rings is 1. The Labute approximate surface area is 131 Å². The number of Topliss-reactive ketones (excluding diaryl/α,β-unsaturated/α-hetero) is 3. The molecule has 0 unspecified atom stereocenters. The number of rotatable bonds is 7. The molecule has 4 nitrogen and oxygen atoms in total. The molecule has 0 N–H and O–H groups in total. The van der Waals surface area contributed by atoms with Crippen LogP contribution < -0.4 is 0 Å². The van der Waals surface area contributed by atoms with Crippen molar-refractivity contribution in [3.8, 4) is 0 Å². The average molecular weight is 301 g/mol. The molecular formula is C18H23NO3. The number of aromatic nitrogens is 1. The smallest absolute Gasteiger partial charge is 0.146 e. The lowest BCUT2D eigenvalue weighted by Gasteiger charge is -2.19. The molecule has 0 amide bonds. The Balaban J connectivity index is 1.74. The largest absolute Gasteiger partial charge is 0.300 e. The van der Waals surface area contributed by atoms with Gasteiger partial charge in [-0.1, -0.05) is 6.07 Å². The fourth-order valence-corrected chi connectivity index (χ4v) is 2.93. The van der Waals surface area contributed by atoms with Crippen molar-refractivity contribution in [2.45, 2.75) is 58.8 Å². The summed E-state index contributed by atoms with van der Waals surface area (Å²) in [6.45, 7) is 3.64. The van der Waals surface area contributed by atoms with Crippen LogP contribution >= 0.6 is 0 Å². The van der Waals surface area contributed by atoms with Crippen molar-refractivity contribution >= 4 is 17.3 Å². The highest BCUT2D eigenvalue weighted by Crippen LogP contribution is 2.35. The quantitative estimate of drug-likeness (QED) is 0.726. The maximum atomic E-state index is 12.0. The molecule has 0 radical (unpaired) electrons. The Morgan fingerprint density at radius 1 is 1.18 bits per heavy atom. The molecule has 0 aliphatic heterocycles. The van der Waals surface area contributed by atoms with E-state index < -0.39 is 5.41 Å². The van der Waals surface area contributed by atoms with Crippen molar-refractivity contribution in [1.82, 2.24) is 4.98 Å². The molecular weight excluding hydrogens is 278 g/mol. The van der Waals surface area contributed by atoms with Gasteiger partial charge in [0.15, 0.2) is 0 Å². The van der Waals surface area contributed by atoms with Crippen LogP contribution in [0.3, 0.4) is 0 Å². The molecule has 1 heterocycles. The van der Waals surface area contributed by atoms with Crippen LogP contribution in [0.1, 0.15) is 56.8 Å².